The van der Waals surface area contributed by atoms with Crippen LogP contribution in [0.15, 0.2) is 35.4 Å². The normalized spacial score (nSPS) is 23.5. The first-order valence-corrected chi connectivity index (χ1v) is 9.95. The van der Waals surface area contributed by atoms with Crippen LogP contribution in [-0.4, -0.2) is 58.7 Å². The molecule has 2 aromatic heterocycles. The number of aromatic nitrogens is 3. The van der Waals surface area contributed by atoms with Gasteiger partial charge in [0.2, 0.25) is 5.95 Å². The molecule has 29 heavy (non-hydrogen) atoms. The van der Waals surface area contributed by atoms with E-state index in [1.807, 2.05) is 6.07 Å². The van der Waals surface area contributed by atoms with Crippen molar-refractivity contribution in [3.63, 3.8) is 0 Å². The van der Waals surface area contributed by atoms with Crippen LogP contribution in [0.1, 0.15) is 23.6 Å². The number of pyridine rings is 1. The van der Waals surface area contributed by atoms with Gasteiger partial charge in [-0.15, -0.1) is 24.8 Å². The Labute approximate surface area is 183 Å². The molecular weight excluding hydrogens is 411 g/mol. The number of hydrogen-bond acceptors (Lipinski definition) is 6. The summed E-state index contributed by atoms with van der Waals surface area (Å²) in [4.78, 5) is 26.4. The van der Waals surface area contributed by atoms with E-state index >= 15 is 0 Å². The van der Waals surface area contributed by atoms with Gasteiger partial charge in [-0.05, 0) is 31.0 Å². The predicted octanol–water partition coefficient (Wildman–Crippen LogP) is 1.51. The van der Waals surface area contributed by atoms with Crippen LogP contribution < -0.4 is 15.8 Å². The van der Waals surface area contributed by atoms with Crippen LogP contribution >= 0.6 is 24.8 Å². The Balaban J connectivity index is 0.00000120. The second-order valence-corrected chi connectivity index (χ2v) is 7.97. The van der Waals surface area contributed by atoms with Crippen LogP contribution in [0, 0.1) is 5.92 Å². The topological polar surface area (TPSA) is 66.3 Å². The Morgan fingerprint density at radius 3 is 2.55 bits per heavy atom. The lowest BCUT2D eigenvalue weighted by molar-refractivity contribution is 0.240. The van der Waals surface area contributed by atoms with Crippen LogP contribution in [-0.2, 0) is 13.1 Å². The maximum atomic E-state index is 13.1. The van der Waals surface area contributed by atoms with Crippen LogP contribution in [0.3, 0.4) is 0 Å². The number of nitrogens with one attached hydrogen (secondary N) is 1. The molecule has 0 unspecified atom stereocenters. The quantitative estimate of drug-likeness (QED) is 0.783. The van der Waals surface area contributed by atoms with Crippen molar-refractivity contribution in [3.05, 3.63) is 52.2 Å². The number of hydrogen-bond donors (Lipinski definition) is 1. The lowest BCUT2D eigenvalue weighted by Gasteiger charge is -2.38. The third kappa shape index (κ3) is 4.43. The third-order valence-corrected chi connectivity index (χ3v) is 6.19. The minimum atomic E-state index is 0. The molecule has 0 amide bonds. The van der Waals surface area contributed by atoms with Crippen molar-refractivity contribution in [3.8, 4) is 0 Å². The minimum Gasteiger partial charge on any atom is -0.338 e. The summed E-state index contributed by atoms with van der Waals surface area (Å²) in [7, 11) is 0. The van der Waals surface area contributed by atoms with Crippen molar-refractivity contribution in [2.45, 2.75) is 25.4 Å². The molecule has 5 heterocycles. The molecule has 2 atom stereocenters. The highest BCUT2D eigenvalue weighted by molar-refractivity contribution is 5.85. The van der Waals surface area contributed by atoms with Crippen molar-refractivity contribution in [2.24, 2.45) is 5.92 Å². The van der Waals surface area contributed by atoms with E-state index in [2.05, 4.69) is 41.8 Å². The highest BCUT2D eigenvalue weighted by Gasteiger charge is 2.31. The number of rotatable bonds is 3. The van der Waals surface area contributed by atoms with Crippen molar-refractivity contribution in [1.29, 1.82) is 0 Å². The van der Waals surface area contributed by atoms with Gasteiger partial charge in [-0.1, -0.05) is 6.07 Å². The van der Waals surface area contributed by atoms with Gasteiger partial charge in [-0.2, -0.15) is 0 Å². The highest BCUT2D eigenvalue weighted by Crippen LogP contribution is 2.31. The molecule has 0 radical (unpaired) electrons. The lowest BCUT2D eigenvalue weighted by Crippen LogP contribution is -2.48. The fraction of sp³-hybridized carbons (Fsp3) is 0.550. The molecule has 7 nitrogen and oxygen atoms in total. The fourth-order valence-electron chi connectivity index (χ4n) is 4.76. The Hall–Kier alpha value is -1.67. The molecule has 9 heteroatoms. The first-order valence-electron chi connectivity index (χ1n) is 9.95. The Bertz CT molecular complexity index is 869. The van der Waals surface area contributed by atoms with Gasteiger partial charge in [0.05, 0.1) is 0 Å². The van der Waals surface area contributed by atoms with E-state index in [1.165, 1.54) is 12.1 Å². The zero-order chi connectivity index (χ0) is 18.2. The van der Waals surface area contributed by atoms with Gasteiger partial charge in [0.15, 0.2) is 0 Å². The molecule has 0 saturated carbocycles. The number of nitrogens with zero attached hydrogens (tertiary/aromatic N) is 5. The maximum Gasteiger partial charge on any atom is 0.255 e. The SMILES string of the molecule is Cl.Cl.O=c1c(CN2CCN(c3ncccn3)CC2)ccc2n1C[C@@H]1CNC[C@H]2C1. The summed E-state index contributed by atoms with van der Waals surface area (Å²) >= 11 is 0. The molecule has 2 bridgehead atoms. The summed E-state index contributed by atoms with van der Waals surface area (Å²) in [6, 6.07) is 6.10. The maximum absolute atomic E-state index is 13.1. The van der Waals surface area contributed by atoms with E-state index in [4.69, 9.17) is 0 Å². The van der Waals surface area contributed by atoms with Gasteiger partial charge in [0.25, 0.3) is 5.56 Å². The number of halogens is 2. The zero-order valence-corrected chi connectivity index (χ0v) is 18.0. The zero-order valence-electron chi connectivity index (χ0n) is 16.4. The molecule has 1 N–H and O–H groups in total. The molecule has 0 spiro atoms. The molecule has 3 aliphatic heterocycles. The van der Waals surface area contributed by atoms with E-state index in [-0.39, 0.29) is 30.4 Å². The number of piperazine rings is 1. The molecule has 2 aromatic rings. The molecular formula is C20H28Cl2N6O. The Kier molecular flexibility index (Phi) is 7.16. The summed E-state index contributed by atoms with van der Waals surface area (Å²) in [6.45, 7) is 7.27. The molecule has 0 aliphatic carbocycles. The van der Waals surface area contributed by atoms with Gasteiger partial charge < -0.3 is 14.8 Å². The summed E-state index contributed by atoms with van der Waals surface area (Å²) in [5.41, 5.74) is 2.37. The van der Waals surface area contributed by atoms with Gasteiger partial charge in [0, 0.05) is 75.4 Å². The number of fused-ring (bicyclic) bond motifs is 4. The monoisotopic (exact) mass is 438 g/mol. The summed E-state index contributed by atoms with van der Waals surface area (Å²) < 4.78 is 2.06. The van der Waals surface area contributed by atoms with Gasteiger partial charge >= 0.3 is 0 Å². The van der Waals surface area contributed by atoms with Crippen molar-refractivity contribution in [2.75, 3.05) is 44.2 Å². The van der Waals surface area contributed by atoms with E-state index in [9.17, 15) is 4.79 Å². The Morgan fingerprint density at radius 2 is 1.79 bits per heavy atom. The van der Waals surface area contributed by atoms with Crippen molar-refractivity contribution in [1.82, 2.24) is 24.8 Å². The average molecular weight is 439 g/mol. The molecule has 158 valence electrons. The van der Waals surface area contributed by atoms with Gasteiger partial charge in [-0.3, -0.25) is 9.69 Å². The van der Waals surface area contributed by atoms with E-state index in [1.54, 1.807) is 12.4 Å². The molecule has 0 aromatic carbocycles. The number of anilines is 1. The molecule has 3 aliphatic rings. The van der Waals surface area contributed by atoms with Gasteiger partial charge in [-0.25, -0.2) is 9.97 Å². The fourth-order valence-corrected chi connectivity index (χ4v) is 4.76. The predicted molar refractivity (Wildman–Crippen MR) is 118 cm³/mol. The number of piperidine rings is 1. The van der Waals surface area contributed by atoms with Crippen molar-refractivity contribution >= 4 is 30.8 Å². The summed E-state index contributed by atoms with van der Waals surface area (Å²) in [5, 5.41) is 3.51. The van der Waals surface area contributed by atoms with Crippen LogP contribution in [0.25, 0.3) is 0 Å². The van der Waals surface area contributed by atoms with E-state index in [0.29, 0.717) is 11.8 Å². The van der Waals surface area contributed by atoms with Crippen LogP contribution in [0.5, 0.6) is 0 Å². The van der Waals surface area contributed by atoms with E-state index in [0.717, 1.165) is 63.9 Å². The van der Waals surface area contributed by atoms with Crippen molar-refractivity contribution < 1.29 is 0 Å². The molecule has 2 saturated heterocycles. The lowest BCUT2D eigenvalue weighted by atomic mass is 9.84. The summed E-state index contributed by atoms with van der Waals surface area (Å²) in [5.74, 6) is 1.89. The highest BCUT2D eigenvalue weighted by atomic mass is 35.5. The second-order valence-electron chi connectivity index (χ2n) is 7.97. The third-order valence-electron chi connectivity index (χ3n) is 6.19. The van der Waals surface area contributed by atoms with E-state index < -0.39 is 0 Å². The minimum absolute atomic E-state index is 0. The first-order chi connectivity index (χ1) is 13.3. The van der Waals surface area contributed by atoms with Crippen LogP contribution in [0.2, 0.25) is 0 Å². The Morgan fingerprint density at radius 1 is 1.03 bits per heavy atom. The summed E-state index contributed by atoms with van der Waals surface area (Å²) in [6.07, 6.45) is 4.79. The first kappa shape index (κ1) is 22.0. The van der Waals surface area contributed by atoms with Crippen LogP contribution in [0.4, 0.5) is 5.95 Å². The molecule has 2 fully saturated rings. The standard InChI is InChI=1S/C20H26N6O.2ClH/c27-19-16(2-3-18-17-10-15(11-21-12-17)13-26(18)19)14-24-6-8-25(9-7-24)20-22-4-1-5-23-20;;/h1-5,15,17,21H,6-14H2;2*1H/t15-,17+;;/m0../s1. The average Bonchev–Trinajstić information content (AvgIpc) is 2.72. The molecule has 5 rings (SSSR count). The van der Waals surface area contributed by atoms with Gasteiger partial charge in [0.1, 0.15) is 0 Å². The second kappa shape index (κ2) is 9.43. The smallest absolute Gasteiger partial charge is 0.255 e. The largest absolute Gasteiger partial charge is 0.338 e.